The third kappa shape index (κ3) is 3.75. The van der Waals surface area contributed by atoms with Crippen molar-refractivity contribution < 1.29 is 21.6 Å². The van der Waals surface area contributed by atoms with Crippen LogP contribution in [0, 0.1) is 12.3 Å². The molecule has 4 rings (SSSR count). The van der Waals surface area contributed by atoms with Crippen LogP contribution in [-0.4, -0.2) is 48.9 Å². The van der Waals surface area contributed by atoms with Gasteiger partial charge < -0.3 is 0 Å². The van der Waals surface area contributed by atoms with Gasteiger partial charge in [-0.15, -0.1) is 0 Å². The minimum absolute atomic E-state index is 0.0103. The SMILES string of the molecule is Cc1cc(C(F)(F)F)ncc1[C@H]1CC[C@H](N2CCC3(C2)CS(=O)(=O)C3)CC1. The zero-order chi connectivity index (χ0) is 19.4. The lowest BCUT2D eigenvalue weighted by Crippen LogP contribution is -2.51. The minimum atomic E-state index is -4.40. The summed E-state index contributed by atoms with van der Waals surface area (Å²) in [6.45, 7) is 3.58. The van der Waals surface area contributed by atoms with Crippen molar-refractivity contribution in [2.45, 2.75) is 57.2 Å². The van der Waals surface area contributed by atoms with E-state index < -0.39 is 21.7 Å². The normalized spacial score (nSPS) is 30.4. The standard InChI is InChI=1S/C19H25F3N2O2S/c1-13-8-17(19(20,21)22)23-9-16(13)14-2-4-15(5-3-14)24-7-6-18(10-24)11-27(25,26)12-18/h8-9,14-15H,2-7,10-12H2,1H3/t14-,15-. The second kappa shape index (κ2) is 6.44. The molecule has 0 atom stereocenters. The molecule has 3 fully saturated rings. The van der Waals surface area contributed by atoms with Crippen molar-refractivity contribution in [2.75, 3.05) is 24.6 Å². The second-order valence-corrected chi connectivity index (χ2v) is 10.7. The molecular formula is C19H25F3N2O2S. The first kappa shape index (κ1) is 19.2. The van der Waals surface area contributed by atoms with Crippen molar-refractivity contribution in [3.05, 3.63) is 29.1 Å². The van der Waals surface area contributed by atoms with Crippen LogP contribution in [0.15, 0.2) is 12.3 Å². The summed E-state index contributed by atoms with van der Waals surface area (Å²) in [5.74, 6) is 0.932. The minimum Gasteiger partial charge on any atom is -0.300 e. The number of sulfone groups is 1. The highest BCUT2D eigenvalue weighted by Crippen LogP contribution is 2.44. The maximum Gasteiger partial charge on any atom is 0.433 e. The van der Waals surface area contributed by atoms with Gasteiger partial charge in [0.05, 0.1) is 11.5 Å². The fraction of sp³-hybridized carbons (Fsp3) is 0.737. The lowest BCUT2D eigenvalue weighted by atomic mass is 9.80. The first-order valence-corrected chi connectivity index (χ1v) is 11.4. The first-order valence-electron chi connectivity index (χ1n) is 9.55. The van der Waals surface area contributed by atoms with Crippen molar-refractivity contribution in [3.63, 3.8) is 0 Å². The van der Waals surface area contributed by atoms with Gasteiger partial charge >= 0.3 is 6.18 Å². The summed E-state index contributed by atoms with van der Waals surface area (Å²) in [6.07, 6.45) is 1.88. The maximum atomic E-state index is 12.8. The Labute approximate surface area is 158 Å². The van der Waals surface area contributed by atoms with Crippen molar-refractivity contribution >= 4 is 9.84 Å². The number of likely N-dealkylation sites (tertiary alicyclic amines) is 1. The van der Waals surface area contributed by atoms with Gasteiger partial charge in [0.2, 0.25) is 0 Å². The maximum absolute atomic E-state index is 12.8. The Bertz CT molecular complexity index is 818. The molecule has 2 aliphatic heterocycles. The predicted octanol–water partition coefficient (Wildman–Crippen LogP) is 3.56. The van der Waals surface area contributed by atoms with Gasteiger partial charge in [0.25, 0.3) is 0 Å². The van der Waals surface area contributed by atoms with E-state index in [-0.39, 0.29) is 11.3 Å². The molecule has 1 aromatic heterocycles. The molecule has 1 aromatic rings. The molecule has 0 unspecified atom stereocenters. The van der Waals surface area contributed by atoms with Crippen molar-refractivity contribution in [2.24, 2.45) is 5.41 Å². The van der Waals surface area contributed by atoms with E-state index in [1.54, 1.807) is 6.92 Å². The number of hydrogen-bond acceptors (Lipinski definition) is 4. The van der Waals surface area contributed by atoms with Crippen molar-refractivity contribution in [1.82, 2.24) is 9.88 Å². The molecule has 1 aliphatic carbocycles. The van der Waals surface area contributed by atoms with E-state index in [4.69, 9.17) is 0 Å². The van der Waals surface area contributed by atoms with Gasteiger partial charge in [-0.2, -0.15) is 13.2 Å². The van der Waals surface area contributed by atoms with Crippen LogP contribution in [0.5, 0.6) is 0 Å². The summed E-state index contributed by atoms with van der Waals surface area (Å²) in [4.78, 5) is 6.09. The lowest BCUT2D eigenvalue weighted by molar-refractivity contribution is -0.141. The molecule has 0 amide bonds. The average molecular weight is 402 g/mol. The zero-order valence-corrected chi connectivity index (χ0v) is 16.2. The number of halogens is 3. The molecular weight excluding hydrogens is 377 g/mol. The van der Waals surface area contributed by atoms with Crippen LogP contribution < -0.4 is 0 Å². The summed E-state index contributed by atoms with van der Waals surface area (Å²) in [6, 6.07) is 1.62. The zero-order valence-electron chi connectivity index (χ0n) is 15.4. The fourth-order valence-electron chi connectivity index (χ4n) is 5.31. The van der Waals surface area contributed by atoms with Crippen LogP contribution in [0.2, 0.25) is 0 Å². The Kier molecular flexibility index (Phi) is 4.57. The molecule has 4 nitrogen and oxygen atoms in total. The molecule has 3 aliphatic rings. The van der Waals surface area contributed by atoms with Crippen molar-refractivity contribution in [3.8, 4) is 0 Å². The number of aromatic nitrogens is 1. The number of pyridine rings is 1. The van der Waals surface area contributed by atoms with Gasteiger partial charge in [-0.1, -0.05) is 0 Å². The van der Waals surface area contributed by atoms with Crippen molar-refractivity contribution in [1.29, 1.82) is 0 Å². The average Bonchev–Trinajstić information content (AvgIpc) is 2.97. The fourth-order valence-corrected chi connectivity index (χ4v) is 7.56. The van der Waals surface area contributed by atoms with E-state index in [9.17, 15) is 21.6 Å². The molecule has 0 bridgehead atoms. The third-order valence-electron chi connectivity index (χ3n) is 6.61. The molecule has 27 heavy (non-hydrogen) atoms. The lowest BCUT2D eigenvalue weighted by Gasteiger charge is -2.40. The molecule has 1 spiro atoms. The topological polar surface area (TPSA) is 50.3 Å². The predicted molar refractivity (Wildman–Crippen MR) is 96.2 cm³/mol. The molecule has 2 saturated heterocycles. The van der Waals surface area contributed by atoms with Crippen LogP contribution in [-0.2, 0) is 16.0 Å². The first-order chi connectivity index (χ1) is 12.6. The monoisotopic (exact) mass is 402 g/mol. The summed E-state index contributed by atoms with van der Waals surface area (Å²) in [5.41, 5.74) is 0.768. The quantitative estimate of drug-likeness (QED) is 0.759. The Morgan fingerprint density at radius 2 is 1.85 bits per heavy atom. The van der Waals surface area contributed by atoms with Gasteiger partial charge in [-0.3, -0.25) is 9.88 Å². The molecule has 1 saturated carbocycles. The van der Waals surface area contributed by atoms with Crippen LogP contribution in [0.25, 0.3) is 0 Å². The summed E-state index contributed by atoms with van der Waals surface area (Å²) >= 11 is 0. The molecule has 150 valence electrons. The Morgan fingerprint density at radius 3 is 2.41 bits per heavy atom. The van der Waals surface area contributed by atoms with Gasteiger partial charge in [0, 0.05) is 24.2 Å². The Balaban J connectivity index is 1.36. The molecule has 3 heterocycles. The third-order valence-corrected chi connectivity index (χ3v) is 8.72. The number of hydrogen-bond donors (Lipinski definition) is 0. The van der Waals surface area contributed by atoms with Crippen LogP contribution in [0.3, 0.4) is 0 Å². The van der Waals surface area contributed by atoms with Gasteiger partial charge in [0.15, 0.2) is 9.84 Å². The van der Waals surface area contributed by atoms with E-state index in [2.05, 4.69) is 9.88 Å². The number of alkyl halides is 3. The van der Waals surface area contributed by atoms with Gasteiger partial charge in [-0.25, -0.2) is 8.42 Å². The van der Waals surface area contributed by atoms with Crippen LogP contribution >= 0.6 is 0 Å². The molecule has 0 N–H and O–H groups in total. The number of aryl methyl sites for hydroxylation is 1. The second-order valence-electron chi connectivity index (χ2n) is 8.68. The summed E-state index contributed by atoms with van der Waals surface area (Å²) in [7, 11) is -2.80. The van der Waals surface area contributed by atoms with E-state index in [0.717, 1.165) is 56.8 Å². The number of nitrogens with zero attached hydrogens (tertiary/aromatic N) is 2. The smallest absolute Gasteiger partial charge is 0.300 e. The number of rotatable bonds is 2. The van der Waals surface area contributed by atoms with Gasteiger partial charge in [0.1, 0.15) is 5.69 Å². The molecule has 0 aromatic carbocycles. The summed E-state index contributed by atoms with van der Waals surface area (Å²) < 4.78 is 61.5. The Hall–Kier alpha value is -1.15. The Morgan fingerprint density at radius 1 is 1.19 bits per heavy atom. The highest BCUT2D eigenvalue weighted by molar-refractivity contribution is 7.92. The molecule has 0 radical (unpaired) electrons. The van der Waals surface area contributed by atoms with E-state index >= 15 is 0 Å². The largest absolute Gasteiger partial charge is 0.433 e. The van der Waals surface area contributed by atoms with E-state index in [0.29, 0.717) is 23.1 Å². The van der Waals surface area contributed by atoms with Crippen LogP contribution in [0.1, 0.15) is 54.8 Å². The highest BCUT2D eigenvalue weighted by Gasteiger charge is 2.53. The molecule has 8 heteroatoms. The van der Waals surface area contributed by atoms with E-state index in [1.807, 2.05) is 0 Å². The highest BCUT2D eigenvalue weighted by atomic mass is 32.2. The van der Waals surface area contributed by atoms with Crippen LogP contribution in [0.4, 0.5) is 13.2 Å². The van der Waals surface area contributed by atoms with Gasteiger partial charge in [-0.05, 0) is 68.7 Å². The summed E-state index contributed by atoms with van der Waals surface area (Å²) in [5, 5.41) is 0. The van der Waals surface area contributed by atoms with E-state index in [1.165, 1.54) is 6.20 Å².